The Balaban J connectivity index is 1.39. The highest BCUT2D eigenvalue weighted by Gasteiger charge is 2.13. The predicted octanol–water partition coefficient (Wildman–Crippen LogP) is 4.72. The molecule has 0 unspecified atom stereocenters. The van der Waals surface area contributed by atoms with E-state index in [-0.39, 0.29) is 0 Å². The van der Waals surface area contributed by atoms with Gasteiger partial charge in [-0.15, -0.1) is 0 Å². The van der Waals surface area contributed by atoms with Crippen LogP contribution in [0.5, 0.6) is 0 Å². The Bertz CT molecular complexity index is 916. The van der Waals surface area contributed by atoms with Crippen LogP contribution < -0.4 is 0 Å². The average molecular weight is 329 g/mol. The lowest BCUT2D eigenvalue weighted by atomic mass is 10.0. The van der Waals surface area contributed by atoms with Crippen LogP contribution in [0.2, 0.25) is 0 Å². The van der Waals surface area contributed by atoms with E-state index >= 15 is 0 Å². The fourth-order valence-electron chi connectivity index (χ4n) is 3.29. The van der Waals surface area contributed by atoms with Crippen molar-refractivity contribution in [1.82, 2.24) is 14.9 Å². The molecular formula is C22H23N3. The summed E-state index contributed by atoms with van der Waals surface area (Å²) in [6.07, 6.45) is 11.8. The molecule has 4 rings (SSSR count). The molecule has 3 heterocycles. The highest BCUT2D eigenvalue weighted by Crippen LogP contribution is 2.20. The number of aromatic nitrogens is 2. The van der Waals surface area contributed by atoms with Crippen molar-refractivity contribution in [2.75, 3.05) is 13.1 Å². The van der Waals surface area contributed by atoms with Gasteiger partial charge in [-0.25, -0.2) is 4.98 Å². The lowest BCUT2D eigenvalue weighted by Gasteiger charge is -2.25. The first-order valence-electron chi connectivity index (χ1n) is 8.85. The van der Waals surface area contributed by atoms with Gasteiger partial charge in [0.2, 0.25) is 0 Å². The first-order valence-corrected chi connectivity index (χ1v) is 8.85. The van der Waals surface area contributed by atoms with E-state index in [0.29, 0.717) is 0 Å². The maximum absolute atomic E-state index is 4.37. The first kappa shape index (κ1) is 15.9. The number of pyridine rings is 1. The molecule has 0 spiro atoms. The fourth-order valence-corrected chi connectivity index (χ4v) is 3.29. The van der Waals surface area contributed by atoms with Crippen molar-refractivity contribution in [1.29, 1.82) is 0 Å². The normalized spacial score (nSPS) is 15.8. The maximum Gasteiger partial charge on any atom is 0.137 e. The second-order valence-corrected chi connectivity index (χ2v) is 6.72. The molecule has 126 valence electrons. The van der Waals surface area contributed by atoms with Crippen molar-refractivity contribution >= 4 is 17.1 Å². The summed E-state index contributed by atoms with van der Waals surface area (Å²) >= 11 is 0. The number of fused-ring (bicyclic) bond motifs is 1. The molecule has 3 heteroatoms. The van der Waals surface area contributed by atoms with Gasteiger partial charge in [0, 0.05) is 37.4 Å². The topological polar surface area (TPSA) is 31.9 Å². The minimum absolute atomic E-state index is 0.969. The number of nitrogens with one attached hydrogen (secondary N) is 1. The molecule has 3 nitrogen and oxygen atoms in total. The van der Waals surface area contributed by atoms with Crippen LogP contribution in [0.1, 0.15) is 23.1 Å². The second kappa shape index (κ2) is 7.08. The van der Waals surface area contributed by atoms with Crippen LogP contribution >= 0.6 is 0 Å². The number of H-pyrrole nitrogens is 1. The SMILES string of the molecule is Cc1ccc(/C=C/C2=CCN(Cc3c[nH]c4ncccc34)CC2)cc1. The zero-order chi connectivity index (χ0) is 17.1. The minimum atomic E-state index is 0.969. The van der Waals surface area contributed by atoms with Gasteiger partial charge >= 0.3 is 0 Å². The third kappa shape index (κ3) is 3.72. The van der Waals surface area contributed by atoms with E-state index in [1.165, 1.54) is 27.6 Å². The van der Waals surface area contributed by atoms with Crippen molar-refractivity contribution in [3.63, 3.8) is 0 Å². The average Bonchev–Trinajstić information content (AvgIpc) is 3.06. The zero-order valence-corrected chi connectivity index (χ0v) is 14.6. The van der Waals surface area contributed by atoms with E-state index in [0.717, 1.165) is 31.7 Å². The molecule has 0 bridgehead atoms. The largest absolute Gasteiger partial charge is 0.346 e. The van der Waals surface area contributed by atoms with Crippen LogP contribution in [0.25, 0.3) is 17.1 Å². The molecule has 0 saturated carbocycles. The molecule has 1 aliphatic heterocycles. The molecule has 1 aromatic carbocycles. The summed E-state index contributed by atoms with van der Waals surface area (Å²) in [6.45, 7) is 5.18. The second-order valence-electron chi connectivity index (χ2n) is 6.72. The molecule has 0 aliphatic carbocycles. The number of hydrogen-bond donors (Lipinski definition) is 1. The van der Waals surface area contributed by atoms with E-state index < -0.39 is 0 Å². The van der Waals surface area contributed by atoms with Crippen molar-refractivity contribution in [3.05, 3.63) is 83.2 Å². The van der Waals surface area contributed by atoms with Crippen molar-refractivity contribution < 1.29 is 0 Å². The van der Waals surface area contributed by atoms with E-state index in [1.54, 1.807) is 0 Å². The summed E-state index contributed by atoms with van der Waals surface area (Å²) in [7, 11) is 0. The quantitative estimate of drug-likeness (QED) is 0.751. The molecule has 1 N–H and O–H groups in total. The summed E-state index contributed by atoms with van der Waals surface area (Å²) in [6, 6.07) is 12.8. The molecule has 2 aromatic heterocycles. The molecule has 25 heavy (non-hydrogen) atoms. The highest BCUT2D eigenvalue weighted by molar-refractivity contribution is 5.79. The molecule has 0 amide bonds. The molecule has 1 aliphatic rings. The van der Waals surface area contributed by atoms with Gasteiger partial charge in [-0.2, -0.15) is 0 Å². The van der Waals surface area contributed by atoms with E-state index in [1.807, 2.05) is 12.3 Å². The predicted molar refractivity (Wildman–Crippen MR) is 104 cm³/mol. The van der Waals surface area contributed by atoms with Gasteiger partial charge in [-0.3, -0.25) is 4.90 Å². The van der Waals surface area contributed by atoms with Gasteiger partial charge in [-0.05, 0) is 42.2 Å². The summed E-state index contributed by atoms with van der Waals surface area (Å²) in [4.78, 5) is 10.1. The standard InChI is InChI=1S/C22H23N3/c1-17-4-6-18(7-5-17)8-9-19-10-13-25(14-11-19)16-20-15-24-22-21(20)3-2-12-23-22/h2-10,12,15H,11,13-14,16H2,1H3,(H,23,24)/b9-8+. The molecular weight excluding hydrogens is 306 g/mol. The van der Waals surface area contributed by atoms with Gasteiger partial charge in [0.05, 0.1) is 0 Å². The van der Waals surface area contributed by atoms with E-state index in [9.17, 15) is 0 Å². The van der Waals surface area contributed by atoms with Crippen LogP contribution in [0.4, 0.5) is 0 Å². The molecule has 0 atom stereocenters. The molecule has 0 radical (unpaired) electrons. The summed E-state index contributed by atoms with van der Waals surface area (Å²) in [5.41, 5.74) is 6.30. The first-order chi connectivity index (χ1) is 12.3. The van der Waals surface area contributed by atoms with Crippen LogP contribution in [0.3, 0.4) is 0 Å². The monoisotopic (exact) mass is 329 g/mol. The number of aromatic amines is 1. The zero-order valence-electron chi connectivity index (χ0n) is 14.6. The Morgan fingerprint density at radius 1 is 1.16 bits per heavy atom. The number of hydrogen-bond acceptors (Lipinski definition) is 2. The third-order valence-corrected chi connectivity index (χ3v) is 4.83. The van der Waals surface area contributed by atoms with Gasteiger partial charge in [0.1, 0.15) is 5.65 Å². The summed E-state index contributed by atoms with van der Waals surface area (Å²) in [5, 5.41) is 1.23. The molecule has 3 aromatic rings. The van der Waals surface area contributed by atoms with Crippen LogP contribution in [0.15, 0.2) is 66.5 Å². The fraction of sp³-hybridized carbons (Fsp3) is 0.227. The Labute approximate surface area is 148 Å². The van der Waals surface area contributed by atoms with Gasteiger partial charge in [0.25, 0.3) is 0 Å². The Morgan fingerprint density at radius 2 is 2.04 bits per heavy atom. The highest BCUT2D eigenvalue weighted by atomic mass is 15.1. The van der Waals surface area contributed by atoms with Gasteiger partial charge < -0.3 is 4.98 Å². The summed E-state index contributed by atoms with van der Waals surface area (Å²) < 4.78 is 0. The van der Waals surface area contributed by atoms with Gasteiger partial charge in [0.15, 0.2) is 0 Å². The number of nitrogens with zero attached hydrogens (tertiary/aromatic N) is 2. The van der Waals surface area contributed by atoms with E-state index in [4.69, 9.17) is 0 Å². The van der Waals surface area contributed by atoms with Crippen LogP contribution in [-0.2, 0) is 6.54 Å². The van der Waals surface area contributed by atoms with Crippen molar-refractivity contribution in [2.45, 2.75) is 19.9 Å². The smallest absolute Gasteiger partial charge is 0.137 e. The number of benzene rings is 1. The third-order valence-electron chi connectivity index (χ3n) is 4.83. The Hall–Kier alpha value is -2.65. The maximum atomic E-state index is 4.37. The van der Waals surface area contributed by atoms with Crippen LogP contribution in [0, 0.1) is 6.92 Å². The number of aryl methyl sites for hydroxylation is 1. The van der Waals surface area contributed by atoms with Gasteiger partial charge in [-0.1, -0.05) is 48.1 Å². The van der Waals surface area contributed by atoms with Crippen molar-refractivity contribution in [2.24, 2.45) is 0 Å². The molecule has 0 saturated heterocycles. The number of allylic oxidation sites excluding steroid dienone is 1. The minimum Gasteiger partial charge on any atom is -0.346 e. The lowest BCUT2D eigenvalue weighted by Crippen LogP contribution is -2.27. The Morgan fingerprint density at radius 3 is 2.84 bits per heavy atom. The lowest BCUT2D eigenvalue weighted by molar-refractivity contribution is 0.288. The summed E-state index contributed by atoms with van der Waals surface area (Å²) in [5.74, 6) is 0. The van der Waals surface area contributed by atoms with Crippen molar-refractivity contribution in [3.8, 4) is 0 Å². The Kier molecular flexibility index (Phi) is 4.49. The van der Waals surface area contributed by atoms with E-state index in [2.05, 4.69) is 76.5 Å². The number of rotatable bonds is 4. The van der Waals surface area contributed by atoms with Crippen LogP contribution in [-0.4, -0.2) is 28.0 Å². The molecule has 0 fully saturated rings.